The zero-order valence-corrected chi connectivity index (χ0v) is 11.6. The van der Waals surface area contributed by atoms with Gasteiger partial charge in [0.15, 0.2) is 5.69 Å². The van der Waals surface area contributed by atoms with Crippen LogP contribution in [0.5, 0.6) is 5.75 Å². The van der Waals surface area contributed by atoms with Gasteiger partial charge in [0.2, 0.25) is 5.89 Å². The Labute approximate surface area is 121 Å². The third kappa shape index (κ3) is 3.79. The van der Waals surface area contributed by atoms with E-state index in [9.17, 15) is 4.79 Å². The van der Waals surface area contributed by atoms with Crippen molar-refractivity contribution in [1.82, 2.24) is 9.97 Å². The number of hydrogen-bond acceptors (Lipinski definition) is 7. The third-order valence-corrected chi connectivity index (χ3v) is 2.56. The van der Waals surface area contributed by atoms with E-state index in [2.05, 4.69) is 9.97 Å². The molecule has 21 heavy (non-hydrogen) atoms. The van der Waals surface area contributed by atoms with E-state index >= 15 is 0 Å². The number of aliphatic hydroxyl groups excluding tert-OH is 1. The summed E-state index contributed by atoms with van der Waals surface area (Å²) in [7, 11) is 0. The maximum Gasteiger partial charge on any atom is 0.360 e. The molecular formula is C14H16N2O5. The molecule has 0 spiro atoms. The molecule has 1 N–H and O–H groups in total. The van der Waals surface area contributed by atoms with Crippen LogP contribution in [0.3, 0.4) is 0 Å². The van der Waals surface area contributed by atoms with Gasteiger partial charge in [0.05, 0.1) is 25.0 Å². The van der Waals surface area contributed by atoms with Crippen molar-refractivity contribution in [3.05, 3.63) is 30.4 Å². The zero-order valence-electron chi connectivity index (χ0n) is 11.6. The van der Waals surface area contributed by atoms with Crippen molar-refractivity contribution in [2.24, 2.45) is 0 Å². The van der Waals surface area contributed by atoms with Crippen LogP contribution in [0.2, 0.25) is 0 Å². The first kappa shape index (κ1) is 15.0. The molecule has 0 aliphatic heterocycles. The molecule has 2 heterocycles. The zero-order chi connectivity index (χ0) is 15.1. The fourth-order valence-electron chi connectivity index (χ4n) is 1.61. The number of ether oxygens (including phenoxy) is 2. The average molecular weight is 292 g/mol. The molecule has 2 aromatic heterocycles. The Balaban J connectivity index is 2.19. The van der Waals surface area contributed by atoms with Gasteiger partial charge >= 0.3 is 5.97 Å². The maximum absolute atomic E-state index is 11.6. The van der Waals surface area contributed by atoms with Crippen LogP contribution in [0, 0.1) is 0 Å². The van der Waals surface area contributed by atoms with Crippen molar-refractivity contribution in [2.75, 3.05) is 19.8 Å². The van der Waals surface area contributed by atoms with Crippen LogP contribution < -0.4 is 4.74 Å². The minimum absolute atomic E-state index is 0.0433. The van der Waals surface area contributed by atoms with Crippen molar-refractivity contribution in [3.8, 4) is 17.2 Å². The number of aliphatic hydroxyl groups is 1. The highest BCUT2D eigenvalue weighted by molar-refractivity contribution is 5.87. The van der Waals surface area contributed by atoms with Gasteiger partial charge in [0, 0.05) is 19.2 Å². The van der Waals surface area contributed by atoms with Crippen molar-refractivity contribution in [2.45, 2.75) is 13.3 Å². The van der Waals surface area contributed by atoms with E-state index in [1.165, 1.54) is 12.5 Å². The molecule has 0 amide bonds. The summed E-state index contributed by atoms with van der Waals surface area (Å²) in [6.45, 7) is 2.38. The van der Waals surface area contributed by atoms with Crippen molar-refractivity contribution in [3.63, 3.8) is 0 Å². The molecule has 0 fully saturated rings. The molecule has 0 bridgehead atoms. The highest BCUT2D eigenvalue weighted by Crippen LogP contribution is 2.28. The molecule has 0 saturated carbocycles. The van der Waals surface area contributed by atoms with E-state index in [1.54, 1.807) is 19.2 Å². The Bertz CT molecular complexity index is 597. The van der Waals surface area contributed by atoms with E-state index in [0.29, 0.717) is 24.3 Å². The number of carbonyl (C=O) groups is 1. The lowest BCUT2D eigenvalue weighted by atomic mass is 10.2. The van der Waals surface area contributed by atoms with Gasteiger partial charge in [-0.15, -0.1) is 0 Å². The van der Waals surface area contributed by atoms with Crippen LogP contribution in [0.4, 0.5) is 0 Å². The van der Waals surface area contributed by atoms with Crippen molar-refractivity contribution < 1.29 is 23.8 Å². The second-order valence-electron chi connectivity index (χ2n) is 4.06. The van der Waals surface area contributed by atoms with Crippen molar-refractivity contribution in [1.29, 1.82) is 0 Å². The number of esters is 1. The first-order valence-corrected chi connectivity index (χ1v) is 6.57. The molecule has 0 aliphatic rings. The van der Waals surface area contributed by atoms with Crippen molar-refractivity contribution >= 4 is 5.97 Å². The van der Waals surface area contributed by atoms with Gasteiger partial charge in [-0.2, -0.15) is 0 Å². The van der Waals surface area contributed by atoms with Gasteiger partial charge in [0.1, 0.15) is 12.0 Å². The molecule has 2 aromatic rings. The lowest BCUT2D eigenvalue weighted by Crippen LogP contribution is -2.05. The Morgan fingerprint density at radius 3 is 3.10 bits per heavy atom. The second kappa shape index (κ2) is 7.39. The van der Waals surface area contributed by atoms with E-state index in [-0.39, 0.29) is 24.8 Å². The normalized spacial score (nSPS) is 10.4. The quantitative estimate of drug-likeness (QED) is 0.612. The SMILES string of the molecule is CCOC(=O)c1coc(-c2ccncc2OCCCO)n1. The summed E-state index contributed by atoms with van der Waals surface area (Å²) in [5.74, 6) is 0.187. The lowest BCUT2D eigenvalue weighted by Gasteiger charge is -2.07. The van der Waals surface area contributed by atoms with E-state index in [0.717, 1.165) is 0 Å². The minimum atomic E-state index is -0.538. The number of hydrogen-bond donors (Lipinski definition) is 1. The summed E-state index contributed by atoms with van der Waals surface area (Å²) < 4.78 is 15.7. The summed E-state index contributed by atoms with van der Waals surface area (Å²) in [5.41, 5.74) is 0.684. The monoisotopic (exact) mass is 292 g/mol. The van der Waals surface area contributed by atoms with E-state index in [4.69, 9.17) is 19.0 Å². The first-order valence-electron chi connectivity index (χ1n) is 6.57. The predicted octanol–water partition coefficient (Wildman–Crippen LogP) is 1.67. The molecule has 0 atom stereocenters. The standard InChI is InChI=1S/C14H16N2O5/c1-2-19-14(18)11-9-21-13(16-11)10-4-5-15-8-12(10)20-7-3-6-17/h4-5,8-9,17H,2-3,6-7H2,1H3. The molecule has 0 aromatic carbocycles. The number of aromatic nitrogens is 2. The predicted molar refractivity (Wildman–Crippen MR) is 72.9 cm³/mol. The van der Waals surface area contributed by atoms with Crippen LogP contribution in [-0.2, 0) is 4.74 Å². The van der Waals surface area contributed by atoms with E-state index in [1.807, 2.05) is 0 Å². The molecule has 0 radical (unpaired) electrons. The van der Waals surface area contributed by atoms with Crippen LogP contribution >= 0.6 is 0 Å². The summed E-state index contributed by atoms with van der Waals surface area (Å²) >= 11 is 0. The topological polar surface area (TPSA) is 94.7 Å². The molecule has 7 nitrogen and oxygen atoms in total. The van der Waals surface area contributed by atoms with Gasteiger partial charge in [-0.1, -0.05) is 0 Å². The van der Waals surface area contributed by atoms with Crippen LogP contribution in [0.1, 0.15) is 23.8 Å². The summed E-state index contributed by atoms with van der Waals surface area (Å²) in [6, 6.07) is 1.68. The van der Waals surface area contributed by atoms with E-state index < -0.39 is 5.97 Å². The van der Waals surface area contributed by atoms with Crippen LogP contribution in [-0.4, -0.2) is 40.9 Å². The minimum Gasteiger partial charge on any atom is -0.491 e. The Morgan fingerprint density at radius 2 is 2.33 bits per heavy atom. The highest BCUT2D eigenvalue weighted by atomic mass is 16.5. The van der Waals surface area contributed by atoms with Gasteiger partial charge in [-0.3, -0.25) is 4.98 Å². The van der Waals surface area contributed by atoms with Crippen LogP contribution in [0.25, 0.3) is 11.5 Å². The Hall–Kier alpha value is -2.41. The van der Waals surface area contributed by atoms with Crippen LogP contribution in [0.15, 0.2) is 29.1 Å². The molecule has 0 saturated heterocycles. The summed E-state index contributed by atoms with van der Waals surface area (Å²) in [5, 5.41) is 8.77. The highest BCUT2D eigenvalue weighted by Gasteiger charge is 2.17. The lowest BCUT2D eigenvalue weighted by molar-refractivity contribution is 0.0519. The molecule has 2 rings (SSSR count). The van der Waals surface area contributed by atoms with Gasteiger partial charge < -0.3 is 19.0 Å². The fraction of sp³-hybridized carbons (Fsp3) is 0.357. The first-order chi connectivity index (χ1) is 10.3. The average Bonchev–Trinajstić information content (AvgIpc) is 2.98. The summed E-state index contributed by atoms with van der Waals surface area (Å²) in [4.78, 5) is 19.6. The Morgan fingerprint density at radius 1 is 1.48 bits per heavy atom. The largest absolute Gasteiger partial charge is 0.491 e. The summed E-state index contributed by atoms with van der Waals surface area (Å²) in [6.07, 6.45) is 4.85. The molecular weight excluding hydrogens is 276 g/mol. The van der Waals surface area contributed by atoms with Gasteiger partial charge in [0.25, 0.3) is 0 Å². The smallest absolute Gasteiger partial charge is 0.360 e. The Kier molecular flexibility index (Phi) is 5.28. The van der Waals surface area contributed by atoms with Gasteiger partial charge in [-0.25, -0.2) is 9.78 Å². The molecule has 112 valence electrons. The molecule has 0 unspecified atom stereocenters. The molecule has 7 heteroatoms. The second-order valence-corrected chi connectivity index (χ2v) is 4.06. The number of rotatable bonds is 7. The number of oxazole rings is 1. The number of carbonyl (C=O) groups excluding carboxylic acids is 1. The fourth-order valence-corrected chi connectivity index (χ4v) is 1.61. The maximum atomic E-state index is 11.6. The van der Waals surface area contributed by atoms with Gasteiger partial charge in [-0.05, 0) is 13.0 Å². The molecule has 0 aliphatic carbocycles. The third-order valence-electron chi connectivity index (χ3n) is 2.56. The number of pyridine rings is 1. The number of nitrogens with zero attached hydrogens (tertiary/aromatic N) is 2.